The molecule has 3 aromatic carbocycles. The molecular formula is C24H24N2O5S. The summed E-state index contributed by atoms with van der Waals surface area (Å²) in [5.41, 5.74) is 3.57. The minimum Gasteiger partial charge on any atom is -0.460 e. The lowest BCUT2D eigenvalue weighted by atomic mass is 10.1. The molecule has 3 rings (SSSR count). The summed E-state index contributed by atoms with van der Waals surface area (Å²) in [5.74, 6) is -1.08. The second kappa shape index (κ2) is 10.1. The number of aryl methyl sites for hydroxylation is 2. The first kappa shape index (κ1) is 23.0. The number of hydrogen-bond donors (Lipinski definition) is 2. The van der Waals surface area contributed by atoms with Crippen molar-refractivity contribution in [1.29, 1.82) is 0 Å². The highest BCUT2D eigenvalue weighted by Crippen LogP contribution is 2.19. The SMILES string of the molecule is Cc1ccc(NS(=O)(=O)c2ccc(C(=O)NCC(=O)OCc3ccccc3)cc2)cc1C. The molecule has 0 unspecified atom stereocenters. The largest absolute Gasteiger partial charge is 0.460 e. The zero-order valence-corrected chi connectivity index (χ0v) is 18.6. The van der Waals surface area contributed by atoms with Gasteiger partial charge in [0, 0.05) is 11.3 Å². The molecule has 1 amide bonds. The van der Waals surface area contributed by atoms with E-state index in [-0.39, 0.29) is 23.6 Å². The zero-order chi connectivity index (χ0) is 23.1. The van der Waals surface area contributed by atoms with Crippen molar-refractivity contribution in [3.63, 3.8) is 0 Å². The summed E-state index contributed by atoms with van der Waals surface area (Å²) < 4.78 is 32.9. The van der Waals surface area contributed by atoms with Crippen LogP contribution in [0.2, 0.25) is 0 Å². The monoisotopic (exact) mass is 452 g/mol. The van der Waals surface area contributed by atoms with Gasteiger partial charge in [0.05, 0.1) is 4.90 Å². The van der Waals surface area contributed by atoms with Crippen LogP contribution in [0.25, 0.3) is 0 Å². The molecule has 0 fully saturated rings. The van der Waals surface area contributed by atoms with Crippen molar-refractivity contribution in [1.82, 2.24) is 5.32 Å². The molecule has 8 heteroatoms. The van der Waals surface area contributed by atoms with Crippen LogP contribution in [0, 0.1) is 13.8 Å². The summed E-state index contributed by atoms with van der Waals surface area (Å²) in [6.45, 7) is 3.67. The van der Waals surface area contributed by atoms with Gasteiger partial charge in [-0.25, -0.2) is 8.42 Å². The summed E-state index contributed by atoms with van der Waals surface area (Å²) in [4.78, 5) is 24.1. The molecule has 0 aliphatic heterocycles. The first-order valence-corrected chi connectivity index (χ1v) is 11.4. The van der Waals surface area contributed by atoms with Gasteiger partial charge in [-0.15, -0.1) is 0 Å². The van der Waals surface area contributed by atoms with Gasteiger partial charge in [0.15, 0.2) is 0 Å². The molecule has 32 heavy (non-hydrogen) atoms. The number of anilines is 1. The van der Waals surface area contributed by atoms with Crippen LogP contribution < -0.4 is 10.0 Å². The van der Waals surface area contributed by atoms with Crippen molar-refractivity contribution in [3.8, 4) is 0 Å². The van der Waals surface area contributed by atoms with E-state index in [1.807, 2.05) is 50.2 Å². The molecular weight excluding hydrogens is 428 g/mol. The lowest BCUT2D eigenvalue weighted by Gasteiger charge is -2.11. The third-order valence-corrected chi connectivity index (χ3v) is 6.22. The number of esters is 1. The Balaban J connectivity index is 1.55. The molecule has 0 saturated heterocycles. The fourth-order valence-electron chi connectivity index (χ4n) is 2.85. The van der Waals surface area contributed by atoms with Crippen LogP contribution in [0.1, 0.15) is 27.0 Å². The van der Waals surface area contributed by atoms with Crippen LogP contribution in [0.3, 0.4) is 0 Å². The maximum Gasteiger partial charge on any atom is 0.325 e. The van der Waals surface area contributed by atoms with Crippen molar-refractivity contribution in [3.05, 3.63) is 95.1 Å². The zero-order valence-electron chi connectivity index (χ0n) is 17.8. The second-order valence-electron chi connectivity index (χ2n) is 7.26. The van der Waals surface area contributed by atoms with Crippen LogP contribution in [0.5, 0.6) is 0 Å². The number of carbonyl (C=O) groups is 2. The predicted octanol–water partition coefficient (Wildman–Crippen LogP) is 3.58. The molecule has 3 aromatic rings. The van der Waals surface area contributed by atoms with Gasteiger partial charge in [-0.3, -0.25) is 14.3 Å². The average Bonchev–Trinajstić information content (AvgIpc) is 2.79. The number of nitrogens with one attached hydrogen (secondary N) is 2. The van der Waals surface area contributed by atoms with E-state index in [1.165, 1.54) is 24.3 Å². The highest BCUT2D eigenvalue weighted by Gasteiger charge is 2.16. The van der Waals surface area contributed by atoms with Crippen LogP contribution in [0.15, 0.2) is 77.7 Å². The number of amides is 1. The van der Waals surface area contributed by atoms with E-state index in [0.29, 0.717) is 5.69 Å². The Morgan fingerprint density at radius 3 is 2.22 bits per heavy atom. The molecule has 0 spiro atoms. The molecule has 0 heterocycles. The fraction of sp³-hybridized carbons (Fsp3) is 0.167. The summed E-state index contributed by atoms with van der Waals surface area (Å²) in [5, 5.41) is 2.47. The first-order valence-electron chi connectivity index (χ1n) is 9.92. The average molecular weight is 453 g/mol. The summed E-state index contributed by atoms with van der Waals surface area (Å²) in [7, 11) is -3.80. The Hall–Kier alpha value is -3.65. The molecule has 0 atom stereocenters. The molecule has 0 bridgehead atoms. The lowest BCUT2D eigenvalue weighted by molar-refractivity contribution is -0.143. The number of ether oxygens (including phenoxy) is 1. The van der Waals surface area contributed by atoms with E-state index in [2.05, 4.69) is 10.0 Å². The summed E-state index contributed by atoms with van der Waals surface area (Å²) in [6, 6.07) is 19.9. The van der Waals surface area contributed by atoms with Crippen molar-refractivity contribution in [2.45, 2.75) is 25.3 Å². The van der Waals surface area contributed by atoms with Gasteiger partial charge in [-0.1, -0.05) is 36.4 Å². The number of carbonyl (C=O) groups excluding carboxylic acids is 2. The normalized spacial score (nSPS) is 10.9. The van der Waals surface area contributed by atoms with Gasteiger partial charge < -0.3 is 10.1 Å². The van der Waals surface area contributed by atoms with Crippen LogP contribution in [-0.4, -0.2) is 26.8 Å². The Morgan fingerprint density at radius 1 is 0.875 bits per heavy atom. The van der Waals surface area contributed by atoms with Gasteiger partial charge >= 0.3 is 5.97 Å². The minimum absolute atomic E-state index is 0.0227. The van der Waals surface area contributed by atoms with Crippen molar-refractivity contribution < 1.29 is 22.7 Å². The fourth-order valence-corrected chi connectivity index (χ4v) is 3.90. The van der Waals surface area contributed by atoms with E-state index >= 15 is 0 Å². The molecule has 0 aliphatic carbocycles. The maximum absolute atomic E-state index is 12.6. The quantitative estimate of drug-likeness (QED) is 0.509. The van der Waals surface area contributed by atoms with E-state index in [1.54, 1.807) is 12.1 Å². The van der Waals surface area contributed by atoms with Gasteiger partial charge in [-0.05, 0) is 66.9 Å². The third kappa shape index (κ3) is 6.18. The second-order valence-corrected chi connectivity index (χ2v) is 8.94. The van der Waals surface area contributed by atoms with Gasteiger partial charge in [0.2, 0.25) is 0 Å². The van der Waals surface area contributed by atoms with Crippen molar-refractivity contribution in [2.24, 2.45) is 0 Å². The smallest absolute Gasteiger partial charge is 0.325 e. The molecule has 0 saturated carbocycles. The third-order valence-electron chi connectivity index (χ3n) is 4.82. The van der Waals surface area contributed by atoms with Gasteiger partial charge in [0.25, 0.3) is 15.9 Å². The van der Waals surface area contributed by atoms with Crippen molar-refractivity contribution >= 4 is 27.6 Å². The van der Waals surface area contributed by atoms with E-state index < -0.39 is 21.9 Å². The Kier molecular flexibility index (Phi) is 7.27. The number of rotatable bonds is 8. The molecule has 166 valence electrons. The first-order chi connectivity index (χ1) is 15.2. The van der Waals surface area contributed by atoms with E-state index in [0.717, 1.165) is 16.7 Å². The molecule has 2 N–H and O–H groups in total. The van der Waals surface area contributed by atoms with E-state index in [9.17, 15) is 18.0 Å². The van der Waals surface area contributed by atoms with E-state index in [4.69, 9.17) is 4.74 Å². The molecule has 7 nitrogen and oxygen atoms in total. The standard InChI is InChI=1S/C24H24N2O5S/c1-17-8-11-21(14-18(17)2)26-32(29,30)22-12-9-20(10-13-22)24(28)25-15-23(27)31-16-19-6-4-3-5-7-19/h3-14,26H,15-16H2,1-2H3,(H,25,28). The topological polar surface area (TPSA) is 102 Å². The van der Waals surface area contributed by atoms with Crippen LogP contribution in [0.4, 0.5) is 5.69 Å². The van der Waals surface area contributed by atoms with Crippen molar-refractivity contribution in [2.75, 3.05) is 11.3 Å². The highest BCUT2D eigenvalue weighted by atomic mass is 32.2. The number of hydrogen-bond acceptors (Lipinski definition) is 5. The maximum atomic E-state index is 12.6. The molecule has 0 aromatic heterocycles. The van der Waals surface area contributed by atoms with Crippen LogP contribution >= 0.6 is 0 Å². The number of benzene rings is 3. The van der Waals surface area contributed by atoms with Gasteiger partial charge in [-0.2, -0.15) is 0 Å². The molecule has 0 aliphatic rings. The lowest BCUT2D eigenvalue weighted by Crippen LogP contribution is -2.30. The predicted molar refractivity (Wildman–Crippen MR) is 122 cm³/mol. The minimum atomic E-state index is -3.80. The Morgan fingerprint density at radius 2 is 1.56 bits per heavy atom. The summed E-state index contributed by atoms with van der Waals surface area (Å²) >= 11 is 0. The number of sulfonamides is 1. The Labute approximate surface area is 187 Å². The Bertz CT molecular complexity index is 1210. The summed E-state index contributed by atoms with van der Waals surface area (Å²) in [6.07, 6.45) is 0. The van der Waals surface area contributed by atoms with Crippen LogP contribution in [-0.2, 0) is 26.2 Å². The molecule has 0 radical (unpaired) electrons. The highest BCUT2D eigenvalue weighted by molar-refractivity contribution is 7.92. The van der Waals surface area contributed by atoms with Gasteiger partial charge in [0.1, 0.15) is 13.2 Å².